The van der Waals surface area contributed by atoms with E-state index in [0.717, 1.165) is 25.4 Å². The molecule has 0 amide bonds. The van der Waals surface area contributed by atoms with Crippen molar-refractivity contribution in [1.82, 2.24) is 5.32 Å². The zero-order valence-corrected chi connectivity index (χ0v) is 12.6. The minimum atomic E-state index is 0.371. The fraction of sp³-hybridized carbons (Fsp3) is 0.444. The zero-order chi connectivity index (χ0) is 14.5. The standard InChI is InChI=1S/C18H23NO2/c1-2-20-18-10-9-14-6-3-4-8-16(14)17(18)13-19-12-15-7-5-11-21-15/h3-4,6,8-10,15,19H,2,5,7,11-13H2,1H3/t15-/m0/s1. The van der Waals surface area contributed by atoms with Crippen LogP contribution in [0.1, 0.15) is 25.3 Å². The van der Waals surface area contributed by atoms with Gasteiger partial charge in [0.2, 0.25) is 0 Å². The molecule has 1 aliphatic rings. The van der Waals surface area contributed by atoms with Gasteiger partial charge in [-0.2, -0.15) is 0 Å². The Morgan fingerprint density at radius 3 is 2.95 bits per heavy atom. The molecule has 3 rings (SSSR count). The van der Waals surface area contributed by atoms with Crippen LogP contribution >= 0.6 is 0 Å². The molecule has 1 fully saturated rings. The highest BCUT2D eigenvalue weighted by atomic mass is 16.5. The van der Waals surface area contributed by atoms with E-state index < -0.39 is 0 Å². The van der Waals surface area contributed by atoms with Crippen molar-refractivity contribution in [3.63, 3.8) is 0 Å². The van der Waals surface area contributed by atoms with Crippen molar-refractivity contribution < 1.29 is 9.47 Å². The van der Waals surface area contributed by atoms with Crippen LogP contribution in [0.3, 0.4) is 0 Å². The van der Waals surface area contributed by atoms with Gasteiger partial charge in [-0.3, -0.25) is 0 Å². The smallest absolute Gasteiger partial charge is 0.124 e. The van der Waals surface area contributed by atoms with Gasteiger partial charge in [0.05, 0.1) is 12.7 Å². The van der Waals surface area contributed by atoms with Crippen molar-refractivity contribution in [2.45, 2.75) is 32.4 Å². The maximum absolute atomic E-state index is 5.80. The van der Waals surface area contributed by atoms with Gasteiger partial charge in [0, 0.05) is 25.3 Å². The highest BCUT2D eigenvalue weighted by Gasteiger charge is 2.15. The largest absolute Gasteiger partial charge is 0.494 e. The van der Waals surface area contributed by atoms with Gasteiger partial charge in [-0.25, -0.2) is 0 Å². The van der Waals surface area contributed by atoms with Crippen LogP contribution in [-0.4, -0.2) is 25.9 Å². The van der Waals surface area contributed by atoms with Crippen LogP contribution in [0, 0.1) is 0 Å². The first-order valence-corrected chi connectivity index (χ1v) is 7.84. The number of hydrogen-bond acceptors (Lipinski definition) is 3. The number of ether oxygens (including phenoxy) is 2. The van der Waals surface area contributed by atoms with E-state index in [1.807, 2.05) is 6.92 Å². The predicted octanol–water partition coefficient (Wildman–Crippen LogP) is 3.51. The van der Waals surface area contributed by atoms with E-state index in [4.69, 9.17) is 9.47 Å². The van der Waals surface area contributed by atoms with Crippen molar-refractivity contribution in [2.24, 2.45) is 0 Å². The van der Waals surface area contributed by atoms with E-state index in [9.17, 15) is 0 Å². The molecule has 0 saturated carbocycles. The number of hydrogen-bond donors (Lipinski definition) is 1. The van der Waals surface area contributed by atoms with E-state index in [0.29, 0.717) is 12.7 Å². The van der Waals surface area contributed by atoms with Gasteiger partial charge in [0.1, 0.15) is 5.75 Å². The Morgan fingerprint density at radius 2 is 2.14 bits per heavy atom. The quantitative estimate of drug-likeness (QED) is 0.881. The molecule has 3 nitrogen and oxygen atoms in total. The highest BCUT2D eigenvalue weighted by Crippen LogP contribution is 2.28. The lowest BCUT2D eigenvalue weighted by Gasteiger charge is -2.16. The monoisotopic (exact) mass is 285 g/mol. The van der Waals surface area contributed by atoms with E-state index in [1.165, 1.54) is 29.2 Å². The second kappa shape index (κ2) is 6.92. The maximum atomic E-state index is 5.80. The molecule has 0 spiro atoms. The third-order valence-corrected chi connectivity index (χ3v) is 4.00. The van der Waals surface area contributed by atoms with Gasteiger partial charge >= 0.3 is 0 Å². The van der Waals surface area contributed by atoms with Gasteiger partial charge < -0.3 is 14.8 Å². The minimum Gasteiger partial charge on any atom is -0.494 e. The fourth-order valence-electron chi connectivity index (χ4n) is 2.95. The molecule has 0 unspecified atom stereocenters. The number of benzene rings is 2. The van der Waals surface area contributed by atoms with Gasteiger partial charge in [0.25, 0.3) is 0 Å². The van der Waals surface area contributed by atoms with Crippen molar-refractivity contribution >= 4 is 10.8 Å². The Kier molecular flexibility index (Phi) is 4.73. The van der Waals surface area contributed by atoms with Crippen molar-refractivity contribution in [1.29, 1.82) is 0 Å². The highest BCUT2D eigenvalue weighted by molar-refractivity contribution is 5.87. The summed E-state index contributed by atoms with van der Waals surface area (Å²) in [5.41, 5.74) is 1.24. The van der Waals surface area contributed by atoms with Crippen molar-refractivity contribution in [2.75, 3.05) is 19.8 Å². The summed E-state index contributed by atoms with van der Waals surface area (Å²) in [6.07, 6.45) is 2.72. The van der Waals surface area contributed by atoms with Crippen LogP contribution in [0.4, 0.5) is 0 Å². The minimum absolute atomic E-state index is 0.371. The molecule has 112 valence electrons. The van der Waals surface area contributed by atoms with Crippen LogP contribution in [0.25, 0.3) is 10.8 Å². The molecule has 2 aromatic carbocycles. The average molecular weight is 285 g/mol. The maximum Gasteiger partial charge on any atom is 0.124 e. The predicted molar refractivity (Wildman–Crippen MR) is 85.8 cm³/mol. The molecule has 0 aromatic heterocycles. The number of rotatable bonds is 6. The summed E-state index contributed by atoms with van der Waals surface area (Å²) in [6, 6.07) is 12.7. The Morgan fingerprint density at radius 1 is 1.24 bits per heavy atom. The third-order valence-electron chi connectivity index (χ3n) is 4.00. The molecule has 1 N–H and O–H groups in total. The summed E-state index contributed by atoms with van der Waals surface area (Å²) < 4.78 is 11.5. The summed E-state index contributed by atoms with van der Waals surface area (Å²) in [5.74, 6) is 0.982. The summed E-state index contributed by atoms with van der Waals surface area (Å²) >= 11 is 0. The first kappa shape index (κ1) is 14.4. The molecule has 0 bridgehead atoms. The van der Waals surface area contributed by atoms with Gasteiger partial charge in [0.15, 0.2) is 0 Å². The molecule has 0 radical (unpaired) electrons. The molecule has 21 heavy (non-hydrogen) atoms. The lowest BCUT2D eigenvalue weighted by molar-refractivity contribution is 0.110. The summed E-state index contributed by atoms with van der Waals surface area (Å²) in [5, 5.41) is 6.06. The molecule has 1 saturated heterocycles. The second-order valence-electron chi connectivity index (χ2n) is 5.46. The molecule has 1 heterocycles. The topological polar surface area (TPSA) is 30.5 Å². The van der Waals surface area contributed by atoms with E-state index >= 15 is 0 Å². The fourth-order valence-corrected chi connectivity index (χ4v) is 2.95. The van der Waals surface area contributed by atoms with Crippen molar-refractivity contribution in [3.8, 4) is 5.75 Å². The first-order valence-electron chi connectivity index (χ1n) is 7.84. The number of fused-ring (bicyclic) bond motifs is 1. The molecule has 3 heteroatoms. The lowest BCUT2D eigenvalue weighted by atomic mass is 10.0. The molecule has 0 aliphatic carbocycles. The van der Waals surface area contributed by atoms with Crippen LogP contribution in [0.15, 0.2) is 36.4 Å². The van der Waals surface area contributed by atoms with Gasteiger partial charge in [-0.15, -0.1) is 0 Å². The zero-order valence-electron chi connectivity index (χ0n) is 12.6. The first-order chi connectivity index (χ1) is 10.4. The lowest BCUT2D eigenvalue weighted by Crippen LogP contribution is -2.26. The Labute approximate surface area is 126 Å². The second-order valence-corrected chi connectivity index (χ2v) is 5.46. The molecule has 1 atom stereocenters. The molecule has 1 aliphatic heterocycles. The molecular formula is C18H23NO2. The summed E-state index contributed by atoms with van der Waals surface area (Å²) in [4.78, 5) is 0. The van der Waals surface area contributed by atoms with Crippen LogP contribution < -0.4 is 10.1 Å². The van der Waals surface area contributed by atoms with Gasteiger partial charge in [-0.1, -0.05) is 30.3 Å². The number of nitrogens with one attached hydrogen (secondary N) is 1. The Hall–Kier alpha value is -1.58. The Balaban J connectivity index is 1.78. The Bertz CT molecular complexity index is 591. The van der Waals surface area contributed by atoms with Crippen molar-refractivity contribution in [3.05, 3.63) is 42.0 Å². The summed E-state index contributed by atoms with van der Waals surface area (Å²) in [6.45, 7) is 5.35. The summed E-state index contributed by atoms with van der Waals surface area (Å²) in [7, 11) is 0. The van der Waals surface area contributed by atoms with E-state index in [1.54, 1.807) is 0 Å². The van der Waals surface area contributed by atoms with E-state index in [2.05, 4.69) is 41.7 Å². The third kappa shape index (κ3) is 3.36. The normalized spacial score (nSPS) is 18.2. The molecular weight excluding hydrogens is 262 g/mol. The van der Waals surface area contributed by atoms with Crippen LogP contribution in [0.2, 0.25) is 0 Å². The van der Waals surface area contributed by atoms with Crippen LogP contribution in [-0.2, 0) is 11.3 Å². The van der Waals surface area contributed by atoms with Crippen LogP contribution in [0.5, 0.6) is 5.75 Å². The average Bonchev–Trinajstić information content (AvgIpc) is 3.02. The van der Waals surface area contributed by atoms with E-state index in [-0.39, 0.29) is 0 Å². The molecule has 2 aromatic rings. The SMILES string of the molecule is CCOc1ccc2ccccc2c1CNC[C@@H]1CCCO1. The van der Waals surface area contributed by atoms with Gasteiger partial charge in [-0.05, 0) is 36.6 Å².